The summed E-state index contributed by atoms with van der Waals surface area (Å²) >= 11 is 7.37. The number of anilines is 1. The van der Waals surface area contributed by atoms with Crippen molar-refractivity contribution < 1.29 is 4.79 Å². The van der Waals surface area contributed by atoms with Crippen LogP contribution < -0.4 is 5.32 Å². The number of amides is 1. The summed E-state index contributed by atoms with van der Waals surface area (Å²) in [5.41, 5.74) is 2.82. The van der Waals surface area contributed by atoms with Crippen LogP contribution in [0.15, 0.2) is 60.7 Å². The fourth-order valence-electron chi connectivity index (χ4n) is 2.21. The number of thiazole rings is 1. The largest absolute Gasteiger partial charge is 0.298 e. The molecule has 0 unspecified atom stereocenters. The van der Waals surface area contributed by atoms with Crippen molar-refractivity contribution in [3.8, 4) is 11.3 Å². The first-order valence-corrected chi connectivity index (χ1v) is 8.59. The van der Waals surface area contributed by atoms with E-state index in [-0.39, 0.29) is 5.91 Å². The van der Waals surface area contributed by atoms with Crippen molar-refractivity contribution in [2.75, 3.05) is 5.32 Å². The molecule has 0 saturated carbocycles. The molecule has 0 aliphatic carbocycles. The third-order valence-corrected chi connectivity index (χ3v) is 4.51. The zero-order valence-electron chi connectivity index (χ0n) is 13.0. The quantitative estimate of drug-likeness (QED) is 0.635. The number of nitrogens with one attached hydrogen (secondary N) is 1. The molecule has 24 heavy (non-hydrogen) atoms. The minimum absolute atomic E-state index is 0.199. The summed E-state index contributed by atoms with van der Waals surface area (Å²) in [6.07, 6.45) is 3.28. The molecule has 0 aliphatic rings. The first kappa shape index (κ1) is 16.4. The number of aromatic nitrogens is 1. The van der Waals surface area contributed by atoms with E-state index in [4.69, 9.17) is 11.6 Å². The van der Waals surface area contributed by atoms with E-state index < -0.39 is 0 Å². The SMILES string of the molecule is Cc1sc(NC(=O)C=Cc2ccccc2)nc1-c1ccc(Cl)cc1. The van der Waals surface area contributed by atoms with E-state index in [9.17, 15) is 4.79 Å². The molecule has 0 spiro atoms. The summed E-state index contributed by atoms with van der Waals surface area (Å²) < 4.78 is 0. The molecule has 1 amide bonds. The average Bonchev–Trinajstić information content (AvgIpc) is 2.95. The number of nitrogens with zero attached hydrogens (tertiary/aromatic N) is 1. The van der Waals surface area contributed by atoms with E-state index in [0.29, 0.717) is 10.2 Å². The minimum Gasteiger partial charge on any atom is -0.298 e. The Balaban J connectivity index is 1.72. The first-order chi connectivity index (χ1) is 11.6. The van der Waals surface area contributed by atoms with Crippen molar-refractivity contribution in [1.82, 2.24) is 4.98 Å². The summed E-state index contributed by atoms with van der Waals surface area (Å²) in [5, 5.41) is 4.08. The second kappa shape index (κ2) is 7.43. The van der Waals surface area contributed by atoms with Gasteiger partial charge >= 0.3 is 0 Å². The van der Waals surface area contributed by atoms with Crippen molar-refractivity contribution in [2.24, 2.45) is 0 Å². The van der Waals surface area contributed by atoms with Crippen LogP contribution in [0.5, 0.6) is 0 Å². The lowest BCUT2D eigenvalue weighted by Crippen LogP contribution is -2.07. The van der Waals surface area contributed by atoms with Gasteiger partial charge in [0.1, 0.15) is 0 Å². The van der Waals surface area contributed by atoms with Crippen molar-refractivity contribution >= 4 is 40.1 Å². The smallest absolute Gasteiger partial charge is 0.250 e. The highest BCUT2D eigenvalue weighted by molar-refractivity contribution is 7.16. The molecule has 3 nitrogen and oxygen atoms in total. The topological polar surface area (TPSA) is 42.0 Å². The van der Waals surface area contributed by atoms with E-state index in [2.05, 4.69) is 10.3 Å². The van der Waals surface area contributed by atoms with E-state index >= 15 is 0 Å². The third kappa shape index (κ3) is 4.10. The number of carbonyl (C=O) groups is 1. The van der Waals surface area contributed by atoms with Gasteiger partial charge in [0.15, 0.2) is 5.13 Å². The fourth-order valence-corrected chi connectivity index (χ4v) is 3.17. The molecule has 1 heterocycles. The van der Waals surface area contributed by atoms with Crippen molar-refractivity contribution in [3.05, 3.63) is 76.1 Å². The number of hydrogen-bond acceptors (Lipinski definition) is 3. The van der Waals surface area contributed by atoms with Crippen LogP contribution in [-0.2, 0) is 4.79 Å². The molecule has 120 valence electrons. The molecule has 5 heteroatoms. The van der Waals surface area contributed by atoms with Crippen molar-refractivity contribution in [2.45, 2.75) is 6.92 Å². The Morgan fingerprint density at radius 2 is 1.83 bits per heavy atom. The zero-order valence-corrected chi connectivity index (χ0v) is 14.6. The highest BCUT2D eigenvalue weighted by Crippen LogP contribution is 2.31. The summed E-state index contributed by atoms with van der Waals surface area (Å²) in [5.74, 6) is -0.199. The number of benzene rings is 2. The molecule has 0 bridgehead atoms. The van der Waals surface area contributed by atoms with Gasteiger partial charge < -0.3 is 0 Å². The predicted molar refractivity (Wildman–Crippen MR) is 101 cm³/mol. The molecule has 3 rings (SSSR count). The van der Waals surface area contributed by atoms with Crippen LogP contribution in [0.4, 0.5) is 5.13 Å². The van der Waals surface area contributed by atoms with Gasteiger partial charge in [-0.15, -0.1) is 11.3 Å². The summed E-state index contributed by atoms with van der Waals surface area (Å²) in [6, 6.07) is 17.2. The van der Waals surface area contributed by atoms with Crippen LogP contribution in [0.25, 0.3) is 17.3 Å². The Hall–Kier alpha value is -2.43. The average molecular weight is 355 g/mol. The number of hydrogen-bond donors (Lipinski definition) is 1. The minimum atomic E-state index is -0.199. The van der Waals surface area contributed by atoms with Gasteiger partial charge in [-0.1, -0.05) is 54.1 Å². The van der Waals surface area contributed by atoms with Gasteiger partial charge in [-0.3, -0.25) is 10.1 Å². The standard InChI is InChI=1S/C19H15ClN2OS/c1-13-18(15-8-10-16(20)11-9-15)22-19(24-13)21-17(23)12-7-14-5-3-2-4-6-14/h2-12H,1H3,(H,21,22,23). The Labute approximate surface area is 149 Å². The van der Waals surface area contributed by atoms with Gasteiger partial charge in [0.05, 0.1) is 5.69 Å². The summed E-state index contributed by atoms with van der Waals surface area (Å²) in [6.45, 7) is 1.98. The van der Waals surface area contributed by atoms with E-state index in [0.717, 1.165) is 21.7 Å². The molecule has 3 aromatic rings. The van der Waals surface area contributed by atoms with Gasteiger partial charge in [0.25, 0.3) is 0 Å². The van der Waals surface area contributed by atoms with Crippen LogP contribution in [0, 0.1) is 6.92 Å². The zero-order chi connectivity index (χ0) is 16.9. The van der Waals surface area contributed by atoms with Crippen molar-refractivity contribution in [1.29, 1.82) is 0 Å². The molecule has 1 N–H and O–H groups in total. The van der Waals surface area contributed by atoms with Crippen LogP contribution in [0.2, 0.25) is 5.02 Å². The van der Waals surface area contributed by atoms with Gasteiger partial charge in [-0.05, 0) is 30.7 Å². The third-order valence-electron chi connectivity index (χ3n) is 3.37. The highest BCUT2D eigenvalue weighted by atomic mass is 35.5. The second-order valence-electron chi connectivity index (χ2n) is 5.16. The molecule has 0 saturated heterocycles. The predicted octanol–water partition coefficient (Wildman–Crippen LogP) is 5.42. The molecular weight excluding hydrogens is 340 g/mol. The Bertz CT molecular complexity index is 870. The monoisotopic (exact) mass is 354 g/mol. The molecule has 0 atom stereocenters. The Kier molecular flexibility index (Phi) is 5.08. The Morgan fingerprint density at radius 1 is 1.12 bits per heavy atom. The van der Waals surface area contributed by atoms with E-state index in [1.807, 2.05) is 61.5 Å². The first-order valence-electron chi connectivity index (χ1n) is 7.39. The van der Waals surface area contributed by atoms with E-state index in [1.54, 1.807) is 6.08 Å². The molecule has 0 radical (unpaired) electrons. The van der Waals surface area contributed by atoms with Crippen LogP contribution in [-0.4, -0.2) is 10.9 Å². The lowest BCUT2D eigenvalue weighted by molar-refractivity contribution is -0.111. The normalized spacial score (nSPS) is 10.9. The van der Waals surface area contributed by atoms with Crippen molar-refractivity contribution in [3.63, 3.8) is 0 Å². The number of rotatable bonds is 4. The lowest BCUT2D eigenvalue weighted by atomic mass is 10.1. The maximum atomic E-state index is 12.0. The highest BCUT2D eigenvalue weighted by Gasteiger charge is 2.11. The summed E-state index contributed by atoms with van der Waals surface area (Å²) in [4.78, 5) is 17.6. The van der Waals surface area contributed by atoms with Crippen LogP contribution >= 0.6 is 22.9 Å². The molecule has 0 fully saturated rings. The molecule has 1 aromatic heterocycles. The molecule has 2 aromatic carbocycles. The maximum absolute atomic E-state index is 12.0. The molecule has 0 aliphatic heterocycles. The second-order valence-corrected chi connectivity index (χ2v) is 6.80. The number of halogens is 1. The van der Waals surface area contributed by atoms with E-state index in [1.165, 1.54) is 17.4 Å². The fraction of sp³-hybridized carbons (Fsp3) is 0.0526. The molecular formula is C19H15ClN2OS. The van der Waals surface area contributed by atoms with Gasteiger partial charge in [0.2, 0.25) is 5.91 Å². The van der Waals surface area contributed by atoms with Gasteiger partial charge in [0, 0.05) is 21.5 Å². The lowest BCUT2D eigenvalue weighted by Gasteiger charge is -1.98. The summed E-state index contributed by atoms with van der Waals surface area (Å²) in [7, 11) is 0. The van der Waals surface area contributed by atoms with Gasteiger partial charge in [-0.2, -0.15) is 0 Å². The maximum Gasteiger partial charge on any atom is 0.250 e. The number of aryl methyl sites for hydroxylation is 1. The van der Waals surface area contributed by atoms with Crippen LogP contribution in [0.3, 0.4) is 0 Å². The Morgan fingerprint density at radius 3 is 2.54 bits per heavy atom. The number of carbonyl (C=O) groups excluding carboxylic acids is 1. The van der Waals surface area contributed by atoms with Gasteiger partial charge in [-0.25, -0.2) is 4.98 Å². The van der Waals surface area contributed by atoms with Crippen LogP contribution in [0.1, 0.15) is 10.4 Å².